The molecule has 0 spiro atoms. The third-order valence-corrected chi connectivity index (χ3v) is 8.82. The Bertz CT molecular complexity index is 994. The predicted molar refractivity (Wildman–Crippen MR) is 147 cm³/mol. The number of ether oxygens (including phenoxy) is 2. The molecule has 0 radical (unpaired) electrons. The topological polar surface area (TPSA) is 77.5 Å². The van der Waals surface area contributed by atoms with Gasteiger partial charge in [-0.1, -0.05) is 36.8 Å². The molecule has 3 fully saturated rings. The molecule has 9 heteroatoms. The molecule has 3 heterocycles. The van der Waals surface area contributed by atoms with Gasteiger partial charge in [0, 0.05) is 31.6 Å². The molecule has 3 atom stereocenters. The summed E-state index contributed by atoms with van der Waals surface area (Å²) in [4.78, 5) is 31.1. The molecule has 0 aromatic heterocycles. The number of benzene rings is 1. The van der Waals surface area contributed by atoms with Gasteiger partial charge in [-0.2, -0.15) is 0 Å². The van der Waals surface area contributed by atoms with Gasteiger partial charge in [0.1, 0.15) is 11.1 Å². The first kappa shape index (κ1) is 28.9. The van der Waals surface area contributed by atoms with Crippen molar-refractivity contribution >= 4 is 19.2 Å². The van der Waals surface area contributed by atoms with Crippen LogP contribution in [0.15, 0.2) is 30.3 Å². The molecule has 3 aliphatic rings. The number of piperidine rings is 1. The molecule has 38 heavy (non-hydrogen) atoms. The fourth-order valence-electron chi connectivity index (χ4n) is 6.29. The van der Waals surface area contributed by atoms with Crippen LogP contribution in [0, 0.1) is 5.92 Å². The van der Waals surface area contributed by atoms with Crippen LogP contribution in [0.1, 0.15) is 73.3 Å². The quantitative estimate of drug-likeness (QED) is 0.368. The molecule has 2 bridgehead atoms. The largest absolute Gasteiger partial charge is 0.467 e. The van der Waals surface area contributed by atoms with E-state index in [1.807, 2.05) is 39.0 Å². The summed E-state index contributed by atoms with van der Waals surface area (Å²) >= 11 is 0. The first-order chi connectivity index (χ1) is 17.7. The molecule has 3 saturated heterocycles. The first-order valence-corrected chi connectivity index (χ1v) is 13.9. The van der Waals surface area contributed by atoms with E-state index >= 15 is 0 Å². The molecule has 0 saturated carbocycles. The maximum absolute atomic E-state index is 13.6. The number of carbonyl (C=O) groups excluding carboxylic acids is 2. The van der Waals surface area contributed by atoms with Crippen LogP contribution in [0.2, 0.25) is 6.32 Å². The van der Waals surface area contributed by atoms with Gasteiger partial charge in [-0.05, 0) is 73.2 Å². The second-order valence-corrected chi connectivity index (χ2v) is 13.0. The van der Waals surface area contributed by atoms with E-state index < -0.39 is 17.2 Å². The monoisotopic (exact) mass is 528 g/mol. The van der Waals surface area contributed by atoms with E-state index in [1.165, 1.54) is 12.7 Å². The Labute approximate surface area is 228 Å². The van der Waals surface area contributed by atoms with Crippen LogP contribution in [-0.4, -0.2) is 77.6 Å². The van der Waals surface area contributed by atoms with Crippen molar-refractivity contribution in [3.05, 3.63) is 35.9 Å². The average molecular weight is 528 g/mol. The normalized spacial score (nSPS) is 28.4. The third-order valence-electron chi connectivity index (χ3n) is 8.82. The number of amides is 1. The van der Waals surface area contributed by atoms with E-state index in [0.29, 0.717) is 19.5 Å². The van der Waals surface area contributed by atoms with Crippen LogP contribution in [0.4, 0.5) is 4.79 Å². The molecular formula is C29H45BN2O6. The zero-order valence-corrected chi connectivity index (χ0v) is 24.4. The van der Waals surface area contributed by atoms with E-state index in [-0.39, 0.29) is 36.2 Å². The second kappa shape index (κ2) is 10.5. The van der Waals surface area contributed by atoms with Crippen LogP contribution in [-0.2, 0) is 30.1 Å². The summed E-state index contributed by atoms with van der Waals surface area (Å²) in [6.45, 7) is 15.7. The summed E-state index contributed by atoms with van der Waals surface area (Å²) in [5, 5.41) is 0. The fourth-order valence-corrected chi connectivity index (χ4v) is 6.29. The molecule has 1 aromatic rings. The number of rotatable bonds is 7. The van der Waals surface area contributed by atoms with Gasteiger partial charge in [0.2, 0.25) is 0 Å². The minimum absolute atomic E-state index is 0.00821. The van der Waals surface area contributed by atoms with Gasteiger partial charge in [-0.25, -0.2) is 9.59 Å². The van der Waals surface area contributed by atoms with E-state index in [9.17, 15) is 9.59 Å². The smallest absolute Gasteiger partial charge is 0.457 e. The van der Waals surface area contributed by atoms with Crippen molar-refractivity contribution in [1.82, 2.24) is 9.80 Å². The van der Waals surface area contributed by atoms with Crippen LogP contribution < -0.4 is 0 Å². The van der Waals surface area contributed by atoms with Crippen molar-refractivity contribution in [2.45, 2.75) is 109 Å². The van der Waals surface area contributed by atoms with Crippen LogP contribution in [0.25, 0.3) is 0 Å². The molecule has 1 amide bonds. The van der Waals surface area contributed by atoms with Crippen LogP contribution in [0.5, 0.6) is 0 Å². The average Bonchev–Trinajstić information content (AvgIpc) is 3.18. The highest BCUT2D eigenvalue weighted by Gasteiger charge is 2.65. The molecule has 0 N–H and O–H groups in total. The lowest BCUT2D eigenvalue weighted by Crippen LogP contribution is -2.61. The van der Waals surface area contributed by atoms with Crippen molar-refractivity contribution < 1.29 is 28.4 Å². The number of fused-ring (bicyclic) bond motifs is 2. The lowest BCUT2D eigenvalue weighted by Gasteiger charge is -2.45. The number of nitrogens with zero attached hydrogens (tertiary/aromatic N) is 2. The number of methoxy groups -OCH3 is 1. The summed E-state index contributed by atoms with van der Waals surface area (Å²) in [6, 6.07) is 10.4. The Morgan fingerprint density at radius 2 is 1.71 bits per heavy atom. The number of esters is 1. The maximum Gasteiger partial charge on any atom is 0.457 e. The predicted octanol–water partition coefficient (Wildman–Crippen LogP) is 4.91. The highest BCUT2D eigenvalue weighted by molar-refractivity contribution is 6.45. The van der Waals surface area contributed by atoms with Gasteiger partial charge in [0.05, 0.1) is 18.3 Å². The minimum Gasteiger partial charge on any atom is -0.467 e. The summed E-state index contributed by atoms with van der Waals surface area (Å²) < 4.78 is 23.6. The number of hydrogen-bond acceptors (Lipinski definition) is 7. The summed E-state index contributed by atoms with van der Waals surface area (Å²) in [5.41, 5.74) is -1.26. The van der Waals surface area contributed by atoms with Crippen LogP contribution >= 0.6 is 0 Å². The summed E-state index contributed by atoms with van der Waals surface area (Å²) in [5.74, 6) is -0.451. The second-order valence-electron chi connectivity index (χ2n) is 13.0. The zero-order chi connectivity index (χ0) is 27.9. The highest BCUT2D eigenvalue weighted by Crippen LogP contribution is 2.49. The number of likely N-dealkylation sites (tertiary alicyclic amines) is 2. The molecular weight excluding hydrogens is 483 g/mol. The van der Waals surface area contributed by atoms with Gasteiger partial charge < -0.3 is 18.8 Å². The molecule has 8 nitrogen and oxygen atoms in total. The van der Waals surface area contributed by atoms with Gasteiger partial charge in [-0.15, -0.1) is 0 Å². The summed E-state index contributed by atoms with van der Waals surface area (Å²) in [7, 11) is 1.12. The molecule has 3 aliphatic heterocycles. The van der Waals surface area contributed by atoms with Crippen molar-refractivity contribution in [2.24, 2.45) is 5.92 Å². The van der Waals surface area contributed by atoms with E-state index in [4.69, 9.17) is 18.8 Å². The maximum atomic E-state index is 13.6. The van der Waals surface area contributed by atoms with Gasteiger partial charge in [0.25, 0.3) is 0 Å². The lowest BCUT2D eigenvalue weighted by molar-refractivity contribution is -0.158. The van der Waals surface area contributed by atoms with Crippen molar-refractivity contribution in [3.63, 3.8) is 0 Å². The molecule has 0 aliphatic carbocycles. The first-order valence-electron chi connectivity index (χ1n) is 13.9. The highest BCUT2D eigenvalue weighted by atomic mass is 16.7. The Kier molecular flexibility index (Phi) is 7.96. The standard InChI is InChI=1S/C29H45BN2O6/c1-26(2,3)36-25(34)32-20-23-22(15-12-17-30-37-27(4,5)28(6,7)38-30)29(32,24(33)35-8)16-18-31(23)19-21-13-10-9-11-14-21/h9-11,13-14,22-23H,12,15-20H2,1-8H3. The lowest BCUT2D eigenvalue weighted by atomic mass is 9.71. The zero-order valence-electron chi connectivity index (χ0n) is 24.4. The SMILES string of the molecule is COC(=O)C12CCN(Cc3ccccc3)C(CN1C(=O)OC(C)(C)C)C2CCCB1OC(C)(C)C(C)(C)O1. The van der Waals surface area contributed by atoms with Gasteiger partial charge in [-0.3, -0.25) is 9.80 Å². The van der Waals surface area contributed by atoms with Crippen LogP contribution in [0.3, 0.4) is 0 Å². The number of hydrogen-bond donors (Lipinski definition) is 0. The number of carbonyl (C=O) groups is 2. The Morgan fingerprint density at radius 3 is 2.29 bits per heavy atom. The van der Waals surface area contributed by atoms with Gasteiger partial charge >= 0.3 is 19.2 Å². The molecule has 3 unspecified atom stereocenters. The summed E-state index contributed by atoms with van der Waals surface area (Å²) in [6.07, 6.45) is 2.32. The third kappa shape index (κ3) is 5.47. The Morgan fingerprint density at radius 1 is 1.08 bits per heavy atom. The van der Waals surface area contributed by atoms with Crippen molar-refractivity contribution in [3.8, 4) is 0 Å². The van der Waals surface area contributed by atoms with Crippen molar-refractivity contribution in [2.75, 3.05) is 20.2 Å². The molecule has 210 valence electrons. The van der Waals surface area contributed by atoms with E-state index in [1.54, 1.807) is 4.90 Å². The minimum atomic E-state index is -1.05. The Balaban J connectivity index is 1.59. The van der Waals surface area contributed by atoms with E-state index in [2.05, 4.69) is 44.7 Å². The van der Waals surface area contributed by atoms with Gasteiger partial charge in [0.15, 0.2) is 0 Å². The fraction of sp³-hybridized carbons (Fsp3) is 0.724. The molecule has 4 rings (SSSR count). The van der Waals surface area contributed by atoms with E-state index in [0.717, 1.165) is 25.7 Å². The van der Waals surface area contributed by atoms with Crippen molar-refractivity contribution in [1.29, 1.82) is 0 Å². The molecule has 1 aromatic carbocycles. The Hall–Kier alpha value is -2.10.